The van der Waals surface area contributed by atoms with E-state index in [0.29, 0.717) is 53.5 Å². The monoisotopic (exact) mass is 508 g/mol. The van der Waals surface area contributed by atoms with Gasteiger partial charge in [0.05, 0.1) is 19.3 Å². The fourth-order valence-corrected chi connectivity index (χ4v) is 4.34. The van der Waals surface area contributed by atoms with Crippen molar-refractivity contribution in [2.24, 2.45) is 16.0 Å². The van der Waals surface area contributed by atoms with Crippen LogP contribution in [0.5, 0.6) is 23.0 Å². The second-order valence-corrected chi connectivity index (χ2v) is 9.09. The van der Waals surface area contributed by atoms with Crippen molar-refractivity contribution in [2.45, 2.75) is 20.8 Å². The predicted octanol–water partition coefficient (Wildman–Crippen LogP) is 4.83. The number of hydrazone groups is 1. The first-order valence-electron chi connectivity index (χ1n) is 11.6. The van der Waals surface area contributed by atoms with Gasteiger partial charge in [-0.2, -0.15) is 15.1 Å². The summed E-state index contributed by atoms with van der Waals surface area (Å²) in [5.74, 6) is 2.09. The first kappa shape index (κ1) is 25.3. The topological polar surface area (TPSA) is 106 Å². The molecule has 0 unspecified atom stereocenters. The number of hydrogen-bond donors (Lipinski definition) is 1. The van der Waals surface area contributed by atoms with E-state index in [1.165, 1.54) is 16.8 Å². The molecular weight excluding hydrogens is 480 g/mol. The summed E-state index contributed by atoms with van der Waals surface area (Å²) in [7, 11) is 1.59. The highest BCUT2D eigenvalue weighted by molar-refractivity contribution is 8.27. The van der Waals surface area contributed by atoms with Crippen molar-refractivity contribution in [1.29, 1.82) is 5.41 Å². The highest BCUT2D eigenvalue weighted by Crippen LogP contribution is 2.33. The molecule has 1 N–H and O–H groups in total. The molecule has 2 heterocycles. The zero-order chi connectivity index (χ0) is 25.7. The number of fused-ring (bicyclic) bond motifs is 1. The van der Waals surface area contributed by atoms with E-state index in [2.05, 4.69) is 10.1 Å². The van der Waals surface area contributed by atoms with Crippen molar-refractivity contribution in [3.05, 3.63) is 53.6 Å². The number of thioether (sulfide) groups is 1. The van der Waals surface area contributed by atoms with Crippen LogP contribution in [0.3, 0.4) is 0 Å². The third-order valence-corrected chi connectivity index (χ3v) is 6.42. The second kappa shape index (κ2) is 11.3. The fourth-order valence-electron chi connectivity index (χ4n) is 3.45. The number of carbonyl (C=O) groups is 1. The second-order valence-electron chi connectivity index (χ2n) is 8.10. The van der Waals surface area contributed by atoms with Gasteiger partial charge in [0.1, 0.15) is 18.3 Å². The summed E-state index contributed by atoms with van der Waals surface area (Å²) in [6, 6.07) is 12.8. The number of aliphatic imine (C=N–C) groups is 1. The summed E-state index contributed by atoms with van der Waals surface area (Å²) in [6.45, 7) is 6.95. The van der Waals surface area contributed by atoms with E-state index in [-0.39, 0.29) is 17.3 Å². The lowest BCUT2D eigenvalue weighted by molar-refractivity contribution is -0.114. The zero-order valence-electron chi connectivity index (χ0n) is 20.6. The molecule has 2 aliphatic heterocycles. The van der Waals surface area contributed by atoms with Gasteiger partial charge in [-0.3, -0.25) is 10.2 Å². The van der Waals surface area contributed by atoms with E-state index in [4.69, 9.17) is 24.4 Å². The van der Waals surface area contributed by atoms with Crippen molar-refractivity contribution in [3.63, 3.8) is 0 Å². The van der Waals surface area contributed by atoms with Crippen LogP contribution in [0.2, 0.25) is 0 Å². The number of methoxy groups -OCH3 is 1. The number of rotatable bonds is 10. The lowest BCUT2D eigenvalue weighted by Crippen LogP contribution is -2.35. The maximum absolute atomic E-state index is 12.7. The molecule has 0 fully saturated rings. The predicted molar refractivity (Wildman–Crippen MR) is 141 cm³/mol. The summed E-state index contributed by atoms with van der Waals surface area (Å²) in [4.78, 5) is 16.8. The van der Waals surface area contributed by atoms with Crippen LogP contribution in [0.1, 0.15) is 26.3 Å². The standard InChI is InChI=1S/C26H28N4O5S/c1-5-33-22-15-17(10-11-21(22)35-13-12-34-20-9-7-6-8-19(20)32-4)14-18-23(27)30-26(28-24(18)31)36-25(29-30)16(2)3/h6-11,14-16,27H,5,12-13H2,1-4H3/b18-14-,27-23?. The molecule has 0 spiro atoms. The fraction of sp³-hybridized carbons (Fsp3) is 0.308. The number of hydrogen-bond acceptors (Lipinski definition) is 8. The lowest BCUT2D eigenvalue weighted by atomic mass is 10.1. The molecule has 0 aromatic heterocycles. The van der Waals surface area contributed by atoms with Crippen molar-refractivity contribution in [3.8, 4) is 23.0 Å². The van der Waals surface area contributed by atoms with Crippen molar-refractivity contribution in [2.75, 3.05) is 26.9 Å². The van der Waals surface area contributed by atoms with Gasteiger partial charge in [0.2, 0.25) is 5.17 Å². The number of amidine groups is 2. The molecule has 0 bridgehead atoms. The number of carbonyl (C=O) groups excluding carboxylic acids is 1. The highest BCUT2D eigenvalue weighted by atomic mass is 32.2. The van der Waals surface area contributed by atoms with E-state index in [1.807, 2.05) is 45.0 Å². The Morgan fingerprint density at radius 1 is 1.03 bits per heavy atom. The summed E-state index contributed by atoms with van der Waals surface area (Å²) < 4.78 is 22.7. The van der Waals surface area contributed by atoms with Crippen LogP contribution >= 0.6 is 11.8 Å². The van der Waals surface area contributed by atoms with Gasteiger partial charge in [0.25, 0.3) is 5.91 Å². The third-order valence-electron chi connectivity index (χ3n) is 5.21. The van der Waals surface area contributed by atoms with E-state index in [0.717, 1.165) is 5.04 Å². The van der Waals surface area contributed by atoms with Crippen LogP contribution in [0.4, 0.5) is 0 Å². The molecular formula is C26H28N4O5S. The van der Waals surface area contributed by atoms with E-state index >= 15 is 0 Å². The van der Waals surface area contributed by atoms with Gasteiger partial charge in [0.15, 0.2) is 28.8 Å². The summed E-state index contributed by atoms with van der Waals surface area (Å²) in [5.41, 5.74) is 0.845. The van der Waals surface area contributed by atoms with Gasteiger partial charge in [-0.15, -0.1) is 0 Å². The summed E-state index contributed by atoms with van der Waals surface area (Å²) in [6.07, 6.45) is 1.62. The Morgan fingerprint density at radius 2 is 1.72 bits per heavy atom. The Hall–Kier alpha value is -3.79. The molecule has 0 saturated heterocycles. The molecule has 4 rings (SSSR count). The highest BCUT2D eigenvalue weighted by Gasteiger charge is 2.36. The largest absolute Gasteiger partial charge is 0.493 e. The molecule has 9 nitrogen and oxygen atoms in total. The van der Waals surface area contributed by atoms with Crippen LogP contribution < -0.4 is 18.9 Å². The minimum atomic E-state index is -0.467. The number of para-hydroxylation sites is 2. The van der Waals surface area contributed by atoms with Crippen molar-refractivity contribution < 1.29 is 23.7 Å². The molecule has 1 amide bonds. The van der Waals surface area contributed by atoms with Gasteiger partial charge in [-0.25, -0.2) is 0 Å². The molecule has 10 heteroatoms. The first-order chi connectivity index (χ1) is 17.4. The molecule has 2 aliphatic rings. The maximum Gasteiger partial charge on any atom is 0.283 e. The molecule has 36 heavy (non-hydrogen) atoms. The van der Waals surface area contributed by atoms with E-state index in [9.17, 15) is 4.79 Å². The van der Waals surface area contributed by atoms with Crippen LogP contribution in [0, 0.1) is 11.3 Å². The van der Waals surface area contributed by atoms with Gasteiger partial charge < -0.3 is 18.9 Å². The van der Waals surface area contributed by atoms with Crippen LogP contribution in [-0.4, -0.2) is 53.9 Å². The van der Waals surface area contributed by atoms with Crippen LogP contribution in [0.15, 0.2) is 58.1 Å². The minimum Gasteiger partial charge on any atom is -0.493 e. The Labute approximate surface area is 214 Å². The zero-order valence-corrected chi connectivity index (χ0v) is 21.4. The average Bonchev–Trinajstić information content (AvgIpc) is 3.30. The minimum absolute atomic E-state index is 0.0000692. The maximum atomic E-state index is 12.7. The van der Waals surface area contributed by atoms with Crippen molar-refractivity contribution >= 4 is 39.8 Å². The first-order valence-corrected chi connectivity index (χ1v) is 12.4. The summed E-state index contributed by atoms with van der Waals surface area (Å²) in [5, 5.41) is 15.6. The molecule has 2 aromatic carbocycles. The van der Waals surface area contributed by atoms with Crippen molar-refractivity contribution in [1.82, 2.24) is 5.01 Å². The molecule has 0 radical (unpaired) electrons. The molecule has 0 atom stereocenters. The quantitative estimate of drug-likeness (QED) is 0.362. The number of ether oxygens (including phenoxy) is 4. The molecule has 188 valence electrons. The Kier molecular flexibility index (Phi) is 7.94. The Balaban J connectivity index is 1.47. The van der Waals surface area contributed by atoms with Gasteiger partial charge in [0, 0.05) is 5.92 Å². The van der Waals surface area contributed by atoms with E-state index < -0.39 is 5.91 Å². The number of amides is 1. The smallest absolute Gasteiger partial charge is 0.283 e. The molecule has 0 saturated carbocycles. The van der Waals surface area contributed by atoms with Gasteiger partial charge in [-0.05, 0) is 54.6 Å². The Morgan fingerprint density at radius 3 is 2.39 bits per heavy atom. The normalized spacial score (nSPS) is 16.1. The molecule has 0 aliphatic carbocycles. The third kappa shape index (κ3) is 5.54. The van der Waals surface area contributed by atoms with Crippen LogP contribution in [-0.2, 0) is 4.79 Å². The molecule has 2 aromatic rings. The SMILES string of the molecule is CCOc1cc(/C=C2/C(=N)N3N=C(C(C)C)SC3=NC2=O)ccc1OCCOc1ccccc1OC. The van der Waals surface area contributed by atoms with Gasteiger partial charge >= 0.3 is 0 Å². The van der Waals surface area contributed by atoms with Crippen LogP contribution in [0.25, 0.3) is 6.08 Å². The van der Waals surface area contributed by atoms with Gasteiger partial charge in [-0.1, -0.05) is 32.0 Å². The average molecular weight is 509 g/mol. The number of nitrogens with zero attached hydrogens (tertiary/aromatic N) is 3. The van der Waals surface area contributed by atoms with E-state index in [1.54, 1.807) is 31.4 Å². The Bertz CT molecular complexity index is 1250. The lowest BCUT2D eigenvalue weighted by Gasteiger charge is -2.20. The number of benzene rings is 2. The number of nitrogens with one attached hydrogen (secondary N) is 1. The summed E-state index contributed by atoms with van der Waals surface area (Å²) >= 11 is 1.32.